The highest BCUT2D eigenvalue weighted by Crippen LogP contribution is 2.22. The van der Waals surface area contributed by atoms with Crippen molar-refractivity contribution in [2.24, 2.45) is 0 Å². The molecule has 0 amide bonds. The van der Waals surface area contributed by atoms with E-state index in [2.05, 4.69) is 0 Å². The van der Waals surface area contributed by atoms with Crippen LogP contribution in [0.4, 0.5) is 0 Å². The summed E-state index contributed by atoms with van der Waals surface area (Å²) >= 11 is 1.20. The Morgan fingerprint density at radius 3 is 3.06 bits per heavy atom. The summed E-state index contributed by atoms with van der Waals surface area (Å²) in [6, 6.07) is 3.30. The Labute approximate surface area is 98.3 Å². The molecule has 0 aliphatic carbocycles. The minimum absolute atomic E-state index is 0.156. The van der Waals surface area contributed by atoms with E-state index in [-0.39, 0.29) is 13.2 Å². The summed E-state index contributed by atoms with van der Waals surface area (Å²) in [6.07, 6.45) is -0.413. The zero-order chi connectivity index (χ0) is 11.6. The third-order valence-corrected chi connectivity index (χ3v) is 5.63. The fourth-order valence-electron chi connectivity index (χ4n) is 1.56. The topological polar surface area (TPSA) is 66.8 Å². The van der Waals surface area contributed by atoms with Crippen LogP contribution in [0.5, 0.6) is 0 Å². The van der Waals surface area contributed by atoms with Crippen LogP contribution in [0.1, 0.15) is 0 Å². The number of thiophene rings is 1. The molecule has 0 radical (unpaired) electrons. The van der Waals surface area contributed by atoms with Crippen molar-refractivity contribution >= 4 is 21.4 Å². The van der Waals surface area contributed by atoms with E-state index in [1.54, 1.807) is 17.5 Å². The number of hydrogen-bond donors (Lipinski definition) is 1. The number of rotatable bonds is 3. The highest BCUT2D eigenvalue weighted by molar-refractivity contribution is 7.91. The molecule has 90 valence electrons. The van der Waals surface area contributed by atoms with Gasteiger partial charge in [0, 0.05) is 13.1 Å². The Hall–Kier alpha value is -0.470. The Morgan fingerprint density at radius 2 is 2.44 bits per heavy atom. The van der Waals surface area contributed by atoms with E-state index in [1.165, 1.54) is 15.6 Å². The summed E-state index contributed by atoms with van der Waals surface area (Å²) < 4.78 is 31.1. The van der Waals surface area contributed by atoms with E-state index in [9.17, 15) is 8.42 Å². The molecule has 1 aromatic heterocycles. The summed E-state index contributed by atoms with van der Waals surface area (Å²) in [5.74, 6) is 0. The molecule has 7 heteroatoms. The molecule has 0 aromatic carbocycles. The van der Waals surface area contributed by atoms with E-state index in [4.69, 9.17) is 9.84 Å². The molecular formula is C9H13NO4S2. The second kappa shape index (κ2) is 4.80. The largest absolute Gasteiger partial charge is 0.394 e. The first-order chi connectivity index (χ1) is 7.64. The lowest BCUT2D eigenvalue weighted by molar-refractivity contribution is -0.0304. The van der Waals surface area contributed by atoms with Crippen LogP contribution in [0, 0.1) is 0 Å². The molecule has 1 saturated heterocycles. The van der Waals surface area contributed by atoms with Gasteiger partial charge in [-0.25, -0.2) is 8.42 Å². The molecule has 1 aliphatic heterocycles. The van der Waals surface area contributed by atoms with Gasteiger partial charge in [0.25, 0.3) is 10.0 Å². The van der Waals surface area contributed by atoms with Crippen molar-refractivity contribution in [3.05, 3.63) is 17.5 Å². The van der Waals surface area contributed by atoms with Crippen LogP contribution in [0.25, 0.3) is 0 Å². The molecule has 1 fully saturated rings. The average Bonchev–Trinajstić information content (AvgIpc) is 2.83. The Morgan fingerprint density at radius 1 is 1.62 bits per heavy atom. The average molecular weight is 263 g/mol. The van der Waals surface area contributed by atoms with Gasteiger partial charge in [-0.15, -0.1) is 11.3 Å². The monoisotopic (exact) mass is 263 g/mol. The van der Waals surface area contributed by atoms with Crippen molar-refractivity contribution < 1.29 is 18.3 Å². The minimum Gasteiger partial charge on any atom is -0.394 e. The maximum absolute atomic E-state index is 12.1. The van der Waals surface area contributed by atoms with Gasteiger partial charge >= 0.3 is 0 Å². The van der Waals surface area contributed by atoms with E-state index in [0.717, 1.165) is 0 Å². The van der Waals surface area contributed by atoms with Crippen molar-refractivity contribution in [3.8, 4) is 0 Å². The molecule has 0 saturated carbocycles. The number of nitrogens with zero attached hydrogens (tertiary/aromatic N) is 1. The van der Waals surface area contributed by atoms with Gasteiger partial charge in [-0.3, -0.25) is 0 Å². The van der Waals surface area contributed by atoms with Gasteiger partial charge < -0.3 is 9.84 Å². The van der Waals surface area contributed by atoms with Gasteiger partial charge in [-0.05, 0) is 11.4 Å². The molecule has 1 aromatic rings. The van der Waals surface area contributed by atoms with Crippen molar-refractivity contribution in [2.75, 3.05) is 26.3 Å². The van der Waals surface area contributed by atoms with E-state index >= 15 is 0 Å². The van der Waals surface area contributed by atoms with Gasteiger partial charge in [0.05, 0.1) is 19.3 Å². The first-order valence-corrected chi connectivity index (χ1v) is 7.22. The van der Waals surface area contributed by atoms with Crippen LogP contribution in [-0.2, 0) is 14.8 Å². The summed E-state index contributed by atoms with van der Waals surface area (Å²) in [7, 11) is -3.40. The van der Waals surface area contributed by atoms with Crippen LogP contribution in [0.2, 0.25) is 0 Å². The normalized spacial score (nSPS) is 23.4. The third kappa shape index (κ3) is 2.28. The van der Waals surface area contributed by atoms with Gasteiger partial charge in [0.2, 0.25) is 0 Å². The fourth-order valence-corrected chi connectivity index (χ4v) is 4.16. The molecule has 2 rings (SSSR count). The van der Waals surface area contributed by atoms with Crippen LogP contribution in [0.3, 0.4) is 0 Å². The summed E-state index contributed by atoms with van der Waals surface area (Å²) in [5, 5.41) is 10.7. The van der Waals surface area contributed by atoms with Gasteiger partial charge in [0.1, 0.15) is 4.21 Å². The molecule has 2 heterocycles. The van der Waals surface area contributed by atoms with Crippen molar-refractivity contribution in [1.82, 2.24) is 4.31 Å². The molecule has 1 unspecified atom stereocenters. The lowest BCUT2D eigenvalue weighted by atomic mass is 10.3. The predicted molar refractivity (Wildman–Crippen MR) is 59.9 cm³/mol. The predicted octanol–water partition coefficient (Wildman–Crippen LogP) is 0.130. The number of hydrogen-bond acceptors (Lipinski definition) is 5. The molecule has 1 atom stereocenters. The molecule has 0 spiro atoms. The minimum atomic E-state index is -3.40. The molecule has 1 N–H and O–H groups in total. The highest BCUT2D eigenvalue weighted by Gasteiger charge is 2.30. The van der Waals surface area contributed by atoms with Crippen molar-refractivity contribution in [3.63, 3.8) is 0 Å². The number of aliphatic hydroxyl groups excluding tert-OH is 1. The number of sulfonamides is 1. The first kappa shape index (κ1) is 12.0. The van der Waals surface area contributed by atoms with Crippen LogP contribution < -0.4 is 0 Å². The van der Waals surface area contributed by atoms with Crippen molar-refractivity contribution in [2.45, 2.75) is 10.3 Å². The summed E-state index contributed by atoms with van der Waals surface area (Å²) in [4.78, 5) is 0. The SMILES string of the molecule is O=S(=O)(c1cccs1)N1CCOC(CO)C1. The zero-order valence-electron chi connectivity index (χ0n) is 8.57. The summed E-state index contributed by atoms with van der Waals surface area (Å²) in [5.41, 5.74) is 0. The second-order valence-electron chi connectivity index (χ2n) is 3.47. The molecular weight excluding hydrogens is 250 g/mol. The lowest BCUT2D eigenvalue weighted by Gasteiger charge is -2.30. The number of morpholine rings is 1. The van der Waals surface area contributed by atoms with Crippen LogP contribution in [0.15, 0.2) is 21.7 Å². The van der Waals surface area contributed by atoms with E-state index < -0.39 is 16.1 Å². The zero-order valence-corrected chi connectivity index (χ0v) is 10.2. The third-order valence-electron chi connectivity index (χ3n) is 2.39. The van der Waals surface area contributed by atoms with Gasteiger partial charge in [-0.2, -0.15) is 4.31 Å². The van der Waals surface area contributed by atoms with Crippen LogP contribution >= 0.6 is 11.3 Å². The van der Waals surface area contributed by atoms with Crippen LogP contribution in [-0.4, -0.2) is 50.2 Å². The van der Waals surface area contributed by atoms with Crippen molar-refractivity contribution in [1.29, 1.82) is 0 Å². The molecule has 1 aliphatic rings. The maximum Gasteiger partial charge on any atom is 0.252 e. The number of ether oxygens (including phenoxy) is 1. The second-order valence-corrected chi connectivity index (χ2v) is 6.58. The lowest BCUT2D eigenvalue weighted by Crippen LogP contribution is -2.46. The number of aliphatic hydroxyl groups is 1. The Bertz CT molecular complexity index is 428. The van der Waals surface area contributed by atoms with E-state index in [0.29, 0.717) is 17.4 Å². The molecule has 16 heavy (non-hydrogen) atoms. The smallest absolute Gasteiger partial charge is 0.252 e. The maximum atomic E-state index is 12.1. The Kier molecular flexibility index (Phi) is 3.60. The summed E-state index contributed by atoms with van der Waals surface area (Å²) in [6.45, 7) is 0.736. The Balaban J connectivity index is 2.18. The van der Waals surface area contributed by atoms with E-state index in [1.807, 2.05) is 0 Å². The van der Waals surface area contributed by atoms with Gasteiger partial charge in [0.15, 0.2) is 0 Å². The van der Waals surface area contributed by atoms with Gasteiger partial charge in [-0.1, -0.05) is 6.07 Å². The highest BCUT2D eigenvalue weighted by atomic mass is 32.2. The molecule has 0 bridgehead atoms. The fraction of sp³-hybridized carbons (Fsp3) is 0.556. The first-order valence-electron chi connectivity index (χ1n) is 4.90. The quantitative estimate of drug-likeness (QED) is 0.842. The molecule has 5 nitrogen and oxygen atoms in total. The standard InChI is InChI=1S/C9H13NO4S2/c11-7-8-6-10(3-4-14-8)16(12,13)9-2-1-5-15-9/h1-2,5,8,11H,3-4,6-7H2.